The zero-order valence-corrected chi connectivity index (χ0v) is 19.7. The molecule has 0 amide bonds. The van der Waals surface area contributed by atoms with Crippen molar-refractivity contribution >= 4 is 64.6 Å². The van der Waals surface area contributed by atoms with Gasteiger partial charge in [0.05, 0.1) is 22.0 Å². The summed E-state index contributed by atoms with van der Waals surface area (Å²) in [4.78, 5) is 11.3. The molecule has 3 heterocycles. The second-order valence-electron chi connectivity index (χ2n) is 7.99. The summed E-state index contributed by atoms with van der Waals surface area (Å²) >= 11 is 5.32. The number of nitrogens with one attached hydrogen (secondary N) is 1. The molecule has 1 aliphatic carbocycles. The highest BCUT2D eigenvalue weighted by atomic mass is 32.1. The average Bonchev–Trinajstić information content (AvgIpc) is 3.46. The van der Waals surface area contributed by atoms with Gasteiger partial charge in [0.1, 0.15) is 21.3 Å². The van der Waals surface area contributed by atoms with Crippen molar-refractivity contribution in [1.82, 2.24) is 9.97 Å². The molecule has 0 aliphatic heterocycles. The number of para-hydroxylation sites is 2. The lowest BCUT2D eigenvalue weighted by Crippen LogP contribution is -2.09. The fourth-order valence-corrected chi connectivity index (χ4v) is 7.76. The van der Waals surface area contributed by atoms with Crippen molar-refractivity contribution in [2.45, 2.75) is 26.2 Å². The number of benzene rings is 2. The largest absolute Gasteiger partial charge is 0.494 e. The first-order chi connectivity index (χ1) is 15.2. The van der Waals surface area contributed by atoms with Gasteiger partial charge in [0.25, 0.3) is 0 Å². The van der Waals surface area contributed by atoms with E-state index < -0.39 is 0 Å². The van der Waals surface area contributed by atoms with Gasteiger partial charge in [0, 0.05) is 10.4 Å². The molecule has 31 heavy (non-hydrogen) atoms. The zero-order chi connectivity index (χ0) is 20.9. The third kappa shape index (κ3) is 3.32. The number of thiophene rings is 1. The van der Waals surface area contributed by atoms with Crippen molar-refractivity contribution < 1.29 is 4.74 Å². The van der Waals surface area contributed by atoms with E-state index in [4.69, 9.17) is 14.7 Å². The molecule has 3 aromatic heterocycles. The molecule has 0 spiro atoms. The summed E-state index contributed by atoms with van der Waals surface area (Å²) in [5.41, 5.74) is 4.74. The maximum atomic E-state index is 5.51. The Hall–Kier alpha value is -2.48. The van der Waals surface area contributed by atoms with Crippen LogP contribution in [0.4, 0.5) is 10.1 Å². The number of fused-ring (bicyclic) bond motifs is 3. The van der Waals surface area contributed by atoms with E-state index in [1.807, 2.05) is 23.5 Å². The normalized spacial score (nSPS) is 16.0. The van der Waals surface area contributed by atoms with E-state index in [2.05, 4.69) is 42.6 Å². The first-order valence-corrected chi connectivity index (χ1v) is 12.9. The van der Waals surface area contributed by atoms with Crippen LogP contribution in [-0.2, 0) is 12.8 Å². The number of nitrogens with zero attached hydrogens (tertiary/aromatic N) is 2. The number of methoxy groups -OCH3 is 1. The molecule has 1 N–H and O–H groups in total. The van der Waals surface area contributed by atoms with Gasteiger partial charge < -0.3 is 10.1 Å². The lowest BCUT2D eigenvalue weighted by molar-refractivity contribution is 0.419. The highest BCUT2D eigenvalue weighted by molar-refractivity contribution is 7.24. The smallest absolute Gasteiger partial charge is 0.189 e. The molecule has 0 saturated heterocycles. The number of ether oxygens (including phenoxy) is 1. The molecule has 5 aromatic rings. The molecule has 0 saturated carbocycles. The fraction of sp³-hybridized carbons (Fsp3) is 0.250. The van der Waals surface area contributed by atoms with Crippen LogP contribution in [0, 0.1) is 5.92 Å². The second kappa shape index (κ2) is 7.58. The lowest BCUT2D eigenvalue weighted by Gasteiger charge is -2.18. The molecular formula is C24H21N3OS3. The minimum Gasteiger partial charge on any atom is -0.494 e. The summed E-state index contributed by atoms with van der Waals surface area (Å²) in [5.74, 6) is 1.54. The molecule has 2 aromatic carbocycles. The molecule has 0 bridgehead atoms. The van der Waals surface area contributed by atoms with Crippen molar-refractivity contribution in [3.05, 3.63) is 52.9 Å². The van der Waals surface area contributed by atoms with Crippen LogP contribution < -0.4 is 10.1 Å². The predicted molar refractivity (Wildman–Crippen MR) is 134 cm³/mol. The van der Waals surface area contributed by atoms with Gasteiger partial charge in [-0.3, -0.25) is 0 Å². The third-order valence-corrected chi connectivity index (χ3v) is 9.00. The standard InChI is InChI=1S/C24H21N3OS3/c1-13-10-11-14-19(12-13)30-23(20(14)22-25-15-6-3-4-8-17(15)29-22)27-24-26-21-16(28-2)7-5-9-18(21)31-24/h3-9,13H,10-12H2,1-2H3,(H,26,27)/t13-/m1/s1. The van der Waals surface area contributed by atoms with E-state index in [0.717, 1.165) is 55.4 Å². The van der Waals surface area contributed by atoms with Crippen molar-refractivity contribution in [2.24, 2.45) is 5.92 Å². The summed E-state index contributed by atoms with van der Waals surface area (Å²) in [5, 5.41) is 6.83. The summed E-state index contributed by atoms with van der Waals surface area (Å²) in [6.07, 6.45) is 3.50. The zero-order valence-electron chi connectivity index (χ0n) is 17.3. The van der Waals surface area contributed by atoms with Crippen LogP contribution in [0.15, 0.2) is 42.5 Å². The quantitative estimate of drug-likeness (QED) is 0.299. The Morgan fingerprint density at radius 2 is 1.87 bits per heavy atom. The molecule has 4 nitrogen and oxygen atoms in total. The van der Waals surface area contributed by atoms with E-state index in [1.54, 1.807) is 29.8 Å². The summed E-state index contributed by atoms with van der Waals surface area (Å²) in [6.45, 7) is 2.35. The van der Waals surface area contributed by atoms with Crippen molar-refractivity contribution in [2.75, 3.05) is 12.4 Å². The van der Waals surface area contributed by atoms with Gasteiger partial charge >= 0.3 is 0 Å². The van der Waals surface area contributed by atoms with Gasteiger partial charge in [0.2, 0.25) is 0 Å². The Kier molecular flexibility index (Phi) is 4.70. The Morgan fingerprint density at radius 1 is 1.00 bits per heavy atom. The van der Waals surface area contributed by atoms with E-state index in [1.165, 1.54) is 27.1 Å². The van der Waals surface area contributed by atoms with E-state index in [0.29, 0.717) is 0 Å². The van der Waals surface area contributed by atoms with Crippen LogP contribution in [0.5, 0.6) is 5.75 Å². The Morgan fingerprint density at radius 3 is 2.74 bits per heavy atom. The summed E-state index contributed by atoms with van der Waals surface area (Å²) < 4.78 is 7.86. The highest BCUT2D eigenvalue weighted by Gasteiger charge is 2.27. The Balaban J connectivity index is 1.48. The van der Waals surface area contributed by atoms with Crippen molar-refractivity contribution in [3.63, 3.8) is 0 Å². The average molecular weight is 464 g/mol. The minimum atomic E-state index is 0.730. The summed E-state index contributed by atoms with van der Waals surface area (Å²) in [7, 11) is 1.70. The monoisotopic (exact) mass is 463 g/mol. The van der Waals surface area contributed by atoms with E-state index in [9.17, 15) is 0 Å². The van der Waals surface area contributed by atoms with Gasteiger partial charge in [-0.1, -0.05) is 36.5 Å². The molecule has 7 heteroatoms. The molecule has 1 atom stereocenters. The van der Waals surface area contributed by atoms with E-state index >= 15 is 0 Å². The first-order valence-electron chi connectivity index (χ1n) is 10.4. The predicted octanol–water partition coefficient (Wildman–Crippen LogP) is 7.51. The van der Waals surface area contributed by atoms with Crippen molar-refractivity contribution in [1.29, 1.82) is 0 Å². The molecule has 6 rings (SSSR count). The molecule has 156 valence electrons. The van der Waals surface area contributed by atoms with Crippen LogP contribution >= 0.6 is 34.0 Å². The number of hydrogen-bond acceptors (Lipinski definition) is 7. The van der Waals surface area contributed by atoms with Crippen LogP contribution in [0.1, 0.15) is 23.8 Å². The number of thiazole rings is 2. The number of aromatic nitrogens is 2. The van der Waals surface area contributed by atoms with Gasteiger partial charge in [-0.15, -0.1) is 22.7 Å². The molecular weight excluding hydrogens is 442 g/mol. The Labute approximate surface area is 192 Å². The van der Waals surface area contributed by atoms with Crippen LogP contribution in [0.25, 0.3) is 31.0 Å². The van der Waals surface area contributed by atoms with Gasteiger partial charge in [-0.25, -0.2) is 9.97 Å². The summed E-state index contributed by atoms with van der Waals surface area (Å²) in [6, 6.07) is 14.5. The molecule has 1 aliphatic rings. The van der Waals surface area contributed by atoms with E-state index in [-0.39, 0.29) is 0 Å². The maximum absolute atomic E-state index is 5.51. The minimum absolute atomic E-state index is 0.730. The van der Waals surface area contributed by atoms with Gasteiger partial charge in [-0.05, 0) is 55.0 Å². The van der Waals surface area contributed by atoms with Gasteiger partial charge in [0.15, 0.2) is 5.13 Å². The molecule has 0 radical (unpaired) electrons. The van der Waals surface area contributed by atoms with Crippen LogP contribution in [0.3, 0.4) is 0 Å². The number of rotatable bonds is 4. The lowest BCUT2D eigenvalue weighted by atomic mass is 9.88. The molecule has 0 fully saturated rings. The maximum Gasteiger partial charge on any atom is 0.189 e. The topological polar surface area (TPSA) is 47.0 Å². The van der Waals surface area contributed by atoms with Crippen LogP contribution in [0.2, 0.25) is 0 Å². The fourth-order valence-electron chi connectivity index (χ4n) is 4.28. The Bertz CT molecular complexity index is 1380. The SMILES string of the molecule is COc1cccc2sc(Nc3sc4c(c3-c3nc5ccccc5s3)CC[C@@H](C)C4)nc12. The highest BCUT2D eigenvalue weighted by Crippen LogP contribution is 2.48. The first kappa shape index (κ1) is 19.2. The number of anilines is 2. The molecule has 0 unspecified atom stereocenters. The third-order valence-electron chi connectivity index (χ3n) is 5.84. The second-order valence-corrected chi connectivity index (χ2v) is 11.2. The van der Waals surface area contributed by atoms with Crippen molar-refractivity contribution in [3.8, 4) is 16.3 Å². The van der Waals surface area contributed by atoms with Crippen LogP contribution in [-0.4, -0.2) is 17.1 Å². The number of hydrogen-bond donors (Lipinski definition) is 1. The van der Waals surface area contributed by atoms with Gasteiger partial charge in [-0.2, -0.15) is 0 Å².